The van der Waals surface area contributed by atoms with Crippen molar-refractivity contribution in [2.45, 2.75) is 62.5 Å². The average Bonchev–Trinajstić information content (AvgIpc) is 2.93. The van der Waals surface area contributed by atoms with Crippen molar-refractivity contribution in [3.05, 3.63) is 53.9 Å². The number of hydrogen-bond acceptors (Lipinski definition) is 5. The lowest BCUT2D eigenvalue weighted by molar-refractivity contribution is -0.123. The predicted octanol–water partition coefficient (Wildman–Crippen LogP) is 5.37. The molecular formula is C24H29F3N4O2S. The van der Waals surface area contributed by atoms with Gasteiger partial charge in [-0.15, -0.1) is 0 Å². The number of anilines is 1. The topological polar surface area (TPSA) is 65.5 Å². The van der Waals surface area contributed by atoms with Crippen LogP contribution in [0, 0.1) is 0 Å². The Morgan fingerprint density at radius 3 is 2.44 bits per heavy atom. The number of hydrogen-bond donors (Lipinski definition) is 1. The molecule has 6 nitrogen and oxygen atoms in total. The number of amides is 3. The fraction of sp³-hybridized carbons (Fsp3) is 0.458. The van der Waals surface area contributed by atoms with Crippen molar-refractivity contribution in [2.24, 2.45) is 0 Å². The van der Waals surface area contributed by atoms with Crippen LogP contribution in [0.15, 0.2) is 47.5 Å². The monoisotopic (exact) mass is 494 g/mol. The molecule has 0 spiro atoms. The number of nitrogens with zero attached hydrogens (tertiary/aromatic N) is 3. The summed E-state index contributed by atoms with van der Waals surface area (Å²) in [6, 6.07) is 8.50. The molecule has 0 saturated carbocycles. The number of halogens is 3. The normalized spacial score (nSPS) is 15.9. The van der Waals surface area contributed by atoms with Gasteiger partial charge >= 0.3 is 11.5 Å². The van der Waals surface area contributed by atoms with Gasteiger partial charge in [-0.2, -0.15) is 13.2 Å². The fourth-order valence-electron chi connectivity index (χ4n) is 3.77. The zero-order valence-corrected chi connectivity index (χ0v) is 20.3. The van der Waals surface area contributed by atoms with Crippen molar-refractivity contribution in [2.75, 3.05) is 18.0 Å². The number of carbonyl (C=O) groups is 2. The summed E-state index contributed by atoms with van der Waals surface area (Å²) in [5.41, 5.74) is -3.49. The minimum atomic E-state index is -4.41. The Labute approximate surface area is 201 Å². The summed E-state index contributed by atoms with van der Waals surface area (Å²) in [5, 5.41) is 3.35. The number of alkyl halides is 3. The molecule has 1 aliphatic rings. The lowest BCUT2D eigenvalue weighted by atomic mass is 10.0. The van der Waals surface area contributed by atoms with Crippen molar-refractivity contribution >= 4 is 29.4 Å². The molecule has 0 aliphatic carbocycles. The van der Waals surface area contributed by atoms with E-state index in [1.54, 1.807) is 20.0 Å². The first kappa shape index (κ1) is 26.0. The third kappa shape index (κ3) is 6.29. The maximum absolute atomic E-state index is 13.2. The number of thioether (sulfide) groups is 1. The first-order valence-corrected chi connectivity index (χ1v) is 12.0. The van der Waals surface area contributed by atoms with Crippen LogP contribution >= 0.6 is 11.8 Å². The molecule has 1 fully saturated rings. The van der Waals surface area contributed by atoms with Gasteiger partial charge in [0.15, 0.2) is 0 Å². The molecule has 1 aliphatic heterocycles. The van der Waals surface area contributed by atoms with Gasteiger partial charge in [-0.25, -0.2) is 9.69 Å². The van der Waals surface area contributed by atoms with Gasteiger partial charge in [0.25, 0.3) is 5.91 Å². The number of rotatable bonds is 10. The lowest BCUT2D eigenvalue weighted by Crippen LogP contribution is -2.43. The molecule has 2 heterocycles. The molecule has 184 valence electrons. The first-order valence-electron chi connectivity index (χ1n) is 11.2. The third-order valence-corrected chi connectivity index (χ3v) is 6.33. The van der Waals surface area contributed by atoms with E-state index in [9.17, 15) is 22.8 Å². The molecule has 3 rings (SSSR count). The Hall–Kier alpha value is -2.59. The highest BCUT2D eigenvalue weighted by atomic mass is 32.2. The molecular weight excluding hydrogens is 465 g/mol. The van der Waals surface area contributed by atoms with Crippen molar-refractivity contribution in [1.82, 2.24) is 15.2 Å². The van der Waals surface area contributed by atoms with Crippen LogP contribution in [0.4, 0.5) is 23.7 Å². The SMILES string of the molecule is CCCNCCCc1cc(CN2C(=O)N(c3ccc(SC(F)(F)F)cc3)C(=O)C2(C)C)ccn1. The quantitative estimate of drug-likeness (QED) is 0.273. The molecule has 3 amide bonds. The number of aryl methyl sites for hydroxylation is 1. The van der Waals surface area contributed by atoms with E-state index in [2.05, 4.69) is 17.2 Å². The van der Waals surface area contributed by atoms with Gasteiger partial charge < -0.3 is 10.2 Å². The molecule has 0 atom stereocenters. The van der Waals surface area contributed by atoms with Crippen LogP contribution in [0.2, 0.25) is 0 Å². The van der Waals surface area contributed by atoms with E-state index >= 15 is 0 Å². The van der Waals surface area contributed by atoms with Crippen molar-refractivity contribution < 1.29 is 22.8 Å². The van der Waals surface area contributed by atoms with E-state index in [-0.39, 0.29) is 28.9 Å². The Balaban J connectivity index is 1.72. The molecule has 1 saturated heterocycles. The lowest BCUT2D eigenvalue weighted by Gasteiger charge is -2.27. The van der Waals surface area contributed by atoms with Crippen LogP contribution < -0.4 is 10.2 Å². The van der Waals surface area contributed by atoms with E-state index in [0.29, 0.717) is 0 Å². The van der Waals surface area contributed by atoms with E-state index in [1.807, 2.05) is 12.1 Å². The number of benzene rings is 1. The van der Waals surface area contributed by atoms with Crippen molar-refractivity contribution in [1.29, 1.82) is 0 Å². The summed E-state index contributed by atoms with van der Waals surface area (Å²) in [7, 11) is 0. The molecule has 34 heavy (non-hydrogen) atoms. The zero-order valence-electron chi connectivity index (χ0n) is 19.5. The minimum absolute atomic E-state index is 0.0133. The van der Waals surface area contributed by atoms with Crippen molar-refractivity contribution in [3.8, 4) is 0 Å². The zero-order chi connectivity index (χ0) is 24.9. The molecule has 0 radical (unpaired) electrons. The summed E-state index contributed by atoms with van der Waals surface area (Å²) in [6.07, 6.45) is 4.53. The summed E-state index contributed by atoms with van der Waals surface area (Å²) in [4.78, 5) is 33.2. The molecule has 0 unspecified atom stereocenters. The number of carbonyl (C=O) groups excluding carboxylic acids is 2. The van der Waals surface area contributed by atoms with Gasteiger partial charge in [-0.3, -0.25) is 9.78 Å². The van der Waals surface area contributed by atoms with Gasteiger partial charge in [-0.1, -0.05) is 6.92 Å². The van der Waals surface area contributed by atoms with Gasteiger partial charge in [0, 0.05) is 23.3 Å². The Bertz CT molecular complexity index is 1010. The molecule has 2 aromatic rings. The highest BCUT2D eigenvalue weighted by Gasteiger charge is 2.51. The minimum Gasteiger partial charge on any atom is -0.317 e. The van der Waals surface area contributed by atoms with Gasteiger partial charge in [-0.05, 0) is 99.9 Å². The second-order valence-corrected chi connectivity index (χ2v) is 9.76. The highest BCUT2D eigenvalue weighted by Crippen LogP contribution is 2.38. The van der Waals surface area contributed by atoms with E-state index in [4.69, 9.17) is 0 Å². The third-order valence-electron chi connectivity index (χ3n) is 5.59. The van der Waals surface area contributed by atoms with Crippen LogP contribution in [0.25, 0.3) is 0 Å². The second-order valence-electron chi connectivity index (χ2n) is 8.62. The highest BCUT2D eigenvalue weighted by molar-refractivity contribution is 8.00. The Morgan fingerprint density at radius 1 is 1.09 bits per heavy atom. The van der Waals surface area contributed by atoms with Gasteiger partial charge in [0.1, 0.15) is 5.54 Å². The number of urea groups is 1. The Kier molecular flexibility index (Phi) is 8.25. The molecule has 1 aromatic carbocycles. The van der Waals surface area contributed by atoms with Gasteiger partial charge in [0.05, 0.1) is 5.69 Å². The summed E-state index contributed by atoms with van der Waals surface area (Å²) < 4.78 is 37.8. The largest absolute Gasteiger partial charge is 0.446 e. The standard InChI is InChI=1S/C24H29F3N4O2S/c1-4-12-28-13-5-6-18-15-17(11-14-29-18)16-30-22(33)31(21(32)23(30,2)3)19-7-9-20(10-8-19)34-24(25,26)27/h7-11,14-15,28H,4-6,12-13,16H2,1-3H3. The average molecular weight is 495 g/mol. The fourth-order valence-corrected chi connectivity index (χ4v) is 4.31. The molecule has 10 heteroatoms. The van der Waals surface area contributed by atoms with E-state index in [1.165, 1.54) is 29.2 Å². The maximum atomic E-state index is 13.2. The van der Waals surface area contributed by atoms with Crippen LogP contribution in [-0.4, -0.2) is 46.0 Å². The second kappa shape index (κ2) is 10.8. The number of nitrogens with one attached hydrogen (secondary N) is 1. The van der Waals surface area contributed by atoms with Gasteiger partial charge in [0.2, 0.25) is 0 Å². The first-order chi connectivity index (χ1) is 16.0. The summed E-state index contributed by atoms with van der Waals surface area (Å²) in [6.45, 7) is 7.56. The van der Waals surface area contributed by atoms with Crippen LogP contribution in [0.5, 0.6) is 0 Å². The van der Waals surface area contributed by atoms with Crippen LogP contribution in [0.1, 0.15) is 44.9 Å². The smallest absolute Gasteiger partial charge is 0.317 e. The summed E-state index contributed by atoms with van der Waals surface area (Å²) >= 11 is -0.242. The molecule has 1 aromatic heterocycles. The van der Waals surface area contributed by atoms with Crippen molar-refractivity contribution in [3.63, 3.8) is 0 Å². The predicted molar refractivity (Wildman–Crippen MR) is 127 cm³/mol. The number of aromatic nitrogens is 1. The van der Waals surface area contributed by atoms with E-state index in [0.717, 1.165) is 48.5 Å². The Morgan fingerprint density at radius 2 is 1.79 bits per heavy atom. The summed E-state index contributed by atoms with van der Waals surface area (Å²) in [5.74, 6) is -0.426. The van der Waals surface area contributed by atoms with Crippen LogP contribution in [0.3, 0.4) is 0 Å². The van der Waals surface area contributed by atoms with Crippen LogP contribution in [-0.2, 0) is 17.8 Å². The van der Waals surface area contributed by atoms with E-state index < -0.39 is 23.0 Å². The number of pyridine rings is 1. The number of imide groups is 1. The molecule has 0 bridgehead atoms. The maximum Gasteiger partial charge on any atom is 0.446 e. The molecule has 1 N–H and O–H groups in total.